The number of carbonyl (C=O) groups excluding carboxylic acids is 2. The van der Waals surface area contributed by atoms with Gasteiger partial charge in [-0.25, -0.2) is 13.2 Å². The van der Waals surface area contributed by atoms with Crippen molar-refractivity contribution in [2.24, 2.45) is 0 Å². The number of carbonyl (C=O) groups is 2. The third-order valence-electron chi connectivity index (χ3n) is 5.45. The zero-order chi connectivity index (χ0) is 26.6. The Morgan fingerprint density at radius 3 is 2.14 bits per heavy atom. The predicted molar refractivity (Wildman–Crippen MR) is 129 cm³/mol. The SMILES string of the molecule is O=C(Nc1ccc(Oc2ccncc2)cc1)Nc1cc(C(F)(F)F)ccc1C(=O)N1CCS(=O)(=O)CC1. The van der Waals surface area contributed by atoms with Gasteiger partial charge in [-0.2, -0.15) is 13.2 Å². The zero-order valence-corrected chi connectivity index (χ0v) is 20.0. The van der Waals surface area contributed by atoms with E-state index in [2.05, 4.69) is 15.6 Å². The summed E-state index contributed by atoms with van der Waals surface area (Å²) in [5.41, 5.74) is -1.29. The molecule has 2 heterocycles. The maximum Gasteiger partial charge on any atom is 0.416 e. The number of aromatic nitrogens is 1. The molecule has 0 saturated carbocycles. The lowest BCUT2D eigenvalue weighted by Crippen LogP contribution is -2.44. The summed E-state index contributed by atoms with van der Waals surface area (Å²) in [6, 6.07) is 11.0. The van der Waals surface area contributed by atoms with Crippen LogP contribution in [0.4, 0.5) is 29.3 Å². The summed E-state index contributed by atoms with van der Waals surface area (Å²) in [4.78, 5) is 30.7. The number of nitrogens with one attached hydrogen (secondary N) is 2. The molecule has 2 aromatic carbocycles. The lowest BCUT2D eigenvalue weighted by molar-refractivity contribution is -0.137. The van der Waals surface area contributed by atoms with Crippen LogP contribution in [0.15, 0.2) is 67.0 Å². The number of hydrogen-bond donors (Lipinski definition) is 2. The molecule has 37 heavy (non-hydrogen) atoms. The van der Waals surface area contributed by atoms with Crippen molar-refractivity contribution < 1.29 is 35.9 Å². The second kappa shape index (κ2) is 10.5. The average molecular weight is 535 g/mol. The number of rotatable bonds is 5. The highest BCUT2D eigenvalue weighted by atomic mass is 32.2. The highest BCUT2D eigenvalue weighted by Crippen LogP contribution is 2.33. The molecule has 2 N–H and O–H groups in total. The van der Waals surface area contributed by atoms with Crippen LogP contribution in [0.5, 0.6) is 11.5 Å². The van der Waals surface area contributed by atoms with Gasteiger partial charge in [-0.1, -0.05) is 0 Å². The summed E-state index contributed by atoms with van der Waals surface area (Å²) in [6.45, 7) is -0.191. The summed E-state index contributed by atoms with van der Waals surface area (Å²) in [7, 11) is -3.28. The first-order chi connectivity index (χ1) is 17.5. The van der Waals surface area contributed by atoms with Gasteiger partial charge < -0.3 is 20.3 Å². The maximum atomic E-state index is 13.3. The first kappa shape index (κ1) is 25.9. The fourth-order valence-corrected chi connectivity index (χ4v) is 4.73. The van der Waals surface area contributed by atoms with Crippen LogP contribution in [0.1, 0.15) is 15.9 Å². The number of ether oxygens (including phenoxy) is 1. The Morgan fingerprint density at radius 1 is 0.892 bits per heavy atom. The molecule has 13 heteroatoms. The Hall–Kier alpha value is -4.13. The van der Waals surface area contributed by atoms with E-state index in [0.717, 1.165) is 12.1 Å². The van der Waals surface area contributed by atoms with E-state index < -0.39 is 33.5 Å². The Bertz CT molecular complexity index is 1380. The van der Waals surface area contributed by atoms with Gasteiger partial charge in [-0.05, 0) is 54.6 Å². The zero-order valence-electron chi connectivity index (χ0n) is 19.2. The second-order valence-electron chi connectivity index (χ2n) is 8.09. The van der Waals surface area contributed by atoms with Crippen LogP contribution in [0.25, 0.3) is 0 Å². The molecule has 4 rings (SSSR count). The molecule has 1 aliphatic heterocycles. The largest absolute Gasteiger partial charge is 0.457 e. The Kier molecular flexibility index (Phi) is 7.34. The van der Waals surface area contributed by atoms with E-state index in [0.29, 0.717) is 23.3 Å². The Labute approximate surface area is 210 Å². The third kappa shape index (κ3) is 6.76. The van der Waals surface area contributed by atoms with Gasteiger partial charge in [0.15, 0.2) is 9.84 Å². The predicted octanol–water partition coefficient (Wildman–Crippen LogP) is 4.41. The summed E-state index contributed by atoms with van der Waals surface area (Å²) >= 11 is 0. The summed E-state index contributed by atoms with van der Waals surface area (Å²) in [5, 5.41) is 4.80. The smallest absolute Gasteiger partial charge is 0.416 e. The van der Waals surface area contributed by atoms with E-state index in [4.69, 9.17) is 4.74 Å². The number of benzene rings is 2. The number of hydrogen-bond acceptors (Lipinski definition) is 6. The molecule has 0 spiro atoms. The summed E-state index contributed by atoms with van der Waals surface area (Å²) in [5.74, 6) is -0.142. The van der Waals surface area contributed by atoms with Crippen molar-refractivity contribution in [2.75, 3.05) is 35.2 Å². The molecule has 1 fully saturated rings. The highest BCUT2D eigenvalue weighted by Gasteiger charge is 2.33. The minimum Gasteiger partial charge on any atom is -0.457 e. The Balaban J connectivity index is 1.49. The maximum absolute atomic E-state index is 13.3. The lowest BCUT2D eigenvalue weighted by Gasteiger charge is -2.27. The van der Waals surface area contributed by atoms with Crippen LogP contribution in [-0.4, -0.2) is 54.8 Å². The van der Waals surface area contributed by atoms with Crippen LogP contribution in [0.2, 0.25) is 0 Å². The van der Waals surface area contributed by atoms with Gasteiger partial charge in [0.1, 0.15) is 11.5 Å². The van der Waals surface area contributed by atoms with E-state index >= 15 is 0 Å². The van der Waals surface area contributed by atoms with Gasteiger partial charge in [0, 0.05) is 31.2 Å². The quantitative estimate of drug-likeness (QED) is 0.501. The summed E-state index contributed by atoms with van der Waals surface area (Å²) in [6.07, 6.45) is -1.58. The molecule has 3 amide bonds. The first-order valence-electron chi connectivity index (χ1n) is 11.0. The van der Waals surface area contributed by atoms with Crippen LogP contribution in [0.3, 0.4) is 0 Å². The van der Waals surface area contributed by atoms with Crippen molar-refractivity contribution in [1.82, 2.24) is 9.88 Å². The van der Waals surface area contributed by atoms with E-state index in [-0.39, 0.29) is 35.8 Å². The molecule has 0 unspecified atom stereocenters. The summed E-state index contributed by atoms with van der Waals surface area (Å²) < 4.78 is 68.9. The first-order valence-corrected chi connectivity index (χ1v) is 12.8. The lowest BCUT2D eigenvalue weighted by atomic mass is 10.1. The Morgan fingerprint density at radius 2 is 1.51 bits per heavy atom. The number of pyridine rings is 1. The molecule has 0 bridgehead atoms. The monoisotopic (exact) mass is 534 g/mol. The van der Waals surface area contributed by atoms with E-state index in [1.807, 2.05) is 0 Å². The number of alkyl halides is 3. The highest BCUT2D eigenvalue weighted by molar-refractivity contribution is 7.91. The van der Waals surface area contributed by atoms with Crippen molar-refractivity contribution in [1.29, 1.82) is 0 Å². The van der Waals surface area contributed by atoms with Gasteiger partial charge >= 0.3 is 12.2 Å². The molecular formula is C24H21F3N4O5S. The molecule has 0 radical (unpaired) electrons. The van der Waals surface area contributed by atoms with Gasteiger partial charge in [0.05, 0.1) is 28.3 Å². The minimum atomic E-state index is -4.71. The molecule has 0 aliphatic carbocycles. The molecule has 1 aromatic heterocycles. The van der Waals surface area contributed by atoms with Crippen LogP contribution in [0, 0.1) is 0 Å². The van der Waals surface area contributed by atoms with Gasteiger partial charge in [0.25, 0.3) is 5.91 Å². The minimum absolute atomic E-state index is 0.0955. The van der Waals surface area contributed by atoms with Gasteiger partial charge in [-0.3, -0.25) is 9.78 Å². The number of sulfone groups is 1. The normalized spacial score (nSPS) is 15.1. The van der Waals surface area contributed by atoms with E-state index in [1.165, 1.54) is 17.0 Å². The molecule has 3 aromatic rings. The third-order valence-corrected chi connectivity index (χ3v) is 7.06. The fraction of sp³-hybridized carbons (Fsp3) is 0.208. The molecular weight excluding hydrogens is 513 g/mol. The molecule has 0 atom stereocenters. The van der Waals surface area contributed by atoms with Crippen molar-refractivity contribution in [3.05, 3.63) is 78.1 Å². The van der Waals surface area contributed by atoms with Gasteiger partial charge in [0.2, 0.25) is 0 Å². The van der Waals surface area contributed by atoms with Crippen LogP contribution < -0.4 is 15.4 Å². The molecule has 194 valence electrons. The fourth-order valence-electron chi connectivity index (χ4n) is 3.53. The topological polar surface area (TPSA) is 118 Å². The van der Waals surface area contributed by atoms with Crippen molar-refractivity contribution in [2.45, 2.75) is 6.18 Å². The number of halogens is 3. The van der Waals surface area contributed by atoms with E-state index in [1.54, 1.807) is 36.7 Å². The van der Waals surface area contributed by atoms with Crippen LogP contribution >= 0.6 is 0 Å². The number of nitrogens with zero attached hydrogens (tertiary/aromatic N) is 2. The van der Waals surface area contributed by atoms with Crippen molar-refractivity contribution in [3.63, 3.8) is 0 Å². The molecule has 1 saturated heterocycles. The average Bonchev–Trinajstić information content (AvgIpc) is 2.85. The standard InChI is InChI=1S/C24H21F3N4O5S/c25-24(26,27)16-1-6-20(22(32)31-11-13-37(34,35)14-12-31)21(15-16)30-23(33)29-17-2-4-18(5-3-17)36-19-7-9-28-10-8-19/h1-10,15H,11-14H2,(H2,29,30,33). The van der Waals surface area contributed by atoms with Crippen molar-refractivity contribution >= 4 is 33.2 Å². The number of urea groups is 1. The number of anilines is 2. The van der Waals surface area contributed by atoms with E-state index in [9.17, 15) is 31.2 Å². The molecule has 1 aliphatic rings. The second-order valence-corrected chi connectivity index (χ2v) is 10.4. The van der Waals surface area contributed by atoms with Gasteiger partial charge in [-0.15, -0.1) is 0 Å². The number of amides is 3. The van der Waals surface area contributed by atoms with Crippen molar-refractivity contribution in [3.8, 4) is 11.5 Å². The van der Waals surface area contributed by atoms with Crippen LogP contribution in [-0.2, 0) is 16.0 Å². The molecule has 9 nitrogen and oxygen atoms in total.